The molecule has 0 aliphatic carbocycles. The highest BCUT2D eigenvalue weighted by molar-refractivity contribution is 5.84. The number of aromatic nitrogens is 2. The molecule has 0 aliphatic heterocycles. The van der Waals surface area contributed by atoms with E-state index in [1.54, 1.807) is 13.0 Å². The van der Waals surface area contributed by atoms with Crippen LogP contribution < -0.4 is 15.4 Å². The minimum absolute atomic E-state index is 0.0680. The van der Waals surface area contributed by atoms with E-state index in [2.05, 4.69) is 20.6 Å². The monoisotopic (exact) mass is 252 g/mol. The second kappa shape index (κ2) is 6.78. The summed E-state index contributed by atoms with van der Waals surface area (Å²) < 4.78 is 5.26. The number of carbonyl (C=O) groups excluding carboxylic acids is 1. The summed E-state index contributed by atoms with van der Waals surface area (Å²) in [6, 6.07) is 1.42. The van der Waals surface area contributed by atoms with Gasteiger partial charge in [0, 0.05) is 12.1 Å². The molecule has 1 amide bonds. The third kappa shape index (κ3) is 4.57. The molecule has 1 atom stereocenters. The highest BCUT2D eigenvalue weighted by atomic mass is 16.5. The third-order valence-electron chi connectivity index (χ3n) is 2.12. The van der Waals surface area contributed by atoms with Crippen LogP contribution in [-0.4, -0.2) is 34.6 Å². The van der Waals surface area contributed by atoms with Gasteiger partial charge in [0.15, 0.2) is 0 Å². The molecule has 0 aromatic carbocycles. The Morgan fingerprint density at radius 3 is 2.72 bits per heavy atom. The lowest BCUT2D eigenvalue weighted by Crippen LogP contribution is -2.41. The molecule has 1 heterocycles. The van der Waals surface area contributed by atoms with Crippen molar-refractivity contribution in [2.75, 3.05) is 11.9 Å². The number of rotatable bonds is 6. The molecule has 6 heteroatoms. The van der Waals surface area contributed by atoms with Crippen molar-refractivity contribution in [1.82, 2.24) is 15.3 Å². The van der Waals surface area contributed by atoms with E-state index in [4.69, 9.17) is 4.74 Å². The Hall–Kier alpha value is -1.85. The zero-order chi connectivity index (χ0) is 13.5. The number of hydrogen-bond acceptors (Lipinski definition) is 5. The van der Waals surface area contributed by atoms with Gasteiger partial charge in [-0.3, -0.25) is 4.79 Å². The van der Waals surface area contributed by atoms with Crippen molar-refractivity contribution < 1.29 is 9.53 Å². The number of nitrogens with zero attached hydrogens (tertiary/aromatic N) is 2. The lowest BCUT2D eigenvalue weighted by Gasteiger charge is -2.16. The van der Waals surface area contributed by atoms with Crippen molar-refractivity contribution >= 4 is 11.7 Å². The molecule has 18 heavy (non-hydrogen) atoms. The second-order valence-corrected chi connectivity index (χ2v) is 4.20. The van der Waals surface area contributed by atoms with Crippen LogP contribution in [0.25, 0.3) is 0 Å². The lowest BCUT2D eigenvalue weighted by molar-refractivity contribution is -0.122. The molecule has 1 aromatic rings. The smallest absolute Gasteiger partial charge is 0.242 e. The van der Waals surface area contributed by atoms with Crippen LogP contribution in [-0.2, 0) is 4.79 Å². The van der Waals surface area contributed by atoms with Gasteiger partial charge in [-0.2, -0.15) is 0 Å². The molecule has 0 spiro atoms. The van der Waals surface area contributed by atoms with Gasteiger partial charge in [-0.25, -0.2) is 9.97 Å². The summed E-state index contributed by atoms with van der Waals surface area (Å²) in [4.78, 5) is 19.7. The van der Waals surface area contributed by atoms with E-state index in [9.17, 15) is 4.79 Å². The fourth-order valence-corrected chi connectivity index (χ4v) is 1.34. The lowest BCUT2D eigenvalue weighted by atomic mass is 10.3. The van der Waals surface area contributed by atoms with Crippen molar-refractivity contribution in [2.24, 2.45) is 0 Å². The van der Waals surface area contributed by atoms with E-state index in [1.165, 1.54) is 6.33 Å². The Kier molecular flexibility index (Phi) is 5.35. The van der Waals surface area contributed by atoms with Gasteiger partial charge in [0.05, 0.1) is 6.61 Å². The molecule has 0 aliphatic rings. The summed E-state index contributed by atoms with van der Waals surface area (Å²) in [7, 11) is 0. The number of carbonyl (C=O) groups is 1. The molecular weight excluding hydrogens is 232 g/mol. The minimum Gasteiger partial charge on any atom is -0.478 e. The fourth-order valence-electron chi connectivity index (χ4n) is 1.34. The molecular formula is C12H20N4O2. The van der Waals surface area contributed by atoms with Gasteiger partial charge in [-0.05, 0) is 27.7 Å². The van der Waals surface area contributed by atoms with Crippen molar-refractivity contribution in [2.45, 2.75) is 39.8 Å². The van der Waals surface area contributed by atoms with E-state index in [0.717, 1.165) is 0 Å². The summed E-state index contributed by atoms with van der Waals surface area (Å²) in [6.07, 6.45) is 1.40. The highest BCUT2D eigenvalue weighted by Crippen LogP contribution is 2.11. The van der Waals surface area contributed by atoms with Crippen molar-refractivity contribution in [3.8, 4) is 5.88 Å². The van der Waals surface area contributed by atoms with Crippen LogP contribution in [0.5, 0.6) is 5.88 Å². The van der Waals surface area contributed by atoms with Crippen LogP contribution in [0.1, 0.15) is 27.7 Å². The topological polar surface area (TPSA) is 76.1 Å². The average molecular weight is 252 g/mol. The molecule has 0 saturated carbocycles. The van der Waals surface area contributed by atoms with Crippen molar-refractivity contribution in [1.29, 1.82) is 0 Å². The van der Waals surface area contributed by atoms with Gasteiger partial charge in [0.1, 0.15) is 18.2 Å². The zero-order valence-electron chi connectivity index (χ0n) is 11.2. The standard InChI is InChI=1S/C12H20N4O2/c1-5-18-11-6-10(13-7-14-11)16-9(4)12(17)15-8(2)3/h6-9H,5H2,1-4H3,(H,15,17)(H,13,14,16). The first-order valence-electron chi connectivity index (χ1n) is 6.04. The minimum atomic E-state index is -0.364. The first-order valence-corrected chi connectivity index (χ1v) is 6.04. The fraction of sp³-hybridized carbons (Fsp3) is 0.583. The summed E-state index contributed by atoms with van der Waals surface area (Å²) in [5.74, 6) is 0.993. The number of amides is 1. The maximum absolute atomic E-state index is 11.7. The Balaban J connectivity index is 2.60. The third-order valence-corrected chi connectivity index (χ3v) is 2.12. The maximum Gasteiger partial charge on any atom is 0.242 e. The van der Waals surface area contributed by atoms with Gasteiger partial charge in [-0.15, -0.1) is 0 Å². The largest absolute Gasteiger partial charge is 0.478 e. The Labute approximate surface area is 107 Å². The molecule has 6 nitrogen and oxygen atoms in total. The number of ether oxygens (including phenoxy) is 1. The zero-order valence-corrected chi connectivity index (χ0v) is 11.2. The van der Waals surface area contributed by atoms with Gasteiger partial charge >= 0.3 is 0 Å². The predicted molar refractivity (Wildman–Crippen MR) is 69.6 cm³/mol. The molecule has 0 saturated heterocycles. The molecule has 100 valence electrons. The average Bonchev–Trinajstić information content (AvgIpc) is 2.29. The highest BCUT2D eigenvalue weighted by Gasteiger charge is 2.14. The van der Waals surface area contributed by atoms with Crippen LogP contribution >= 0.6 is 0 Å². The molecule has 1 unspecified atom stereocenters. The van der Waals surface area contributed by atoms with Gasteiger partial charge in [0.2, 0.25) is 11.8 Å². The quantitative estimate of drug-likeness (QED) is 0.795. The van der Waals surface area contributed by atoms with Gasteiger partial charge in [0.25, 0.3) is 0 Å². The summed E-state index contributed by atoms with van der Waals surface area (Å²) >= 11 is 0. The van der Waals surface area contributed by atoms with E-state index in [0.29, 0.717) is 18.3 Å². The summed E-state index contributed by atoms with van der Waals surface area (Å²) in [5, 5.41) is 5.83. The second-order valence-electron chi connectivity index (χ2n) is 4.20. The molecule has 0 radical (unpaired) electrons. The summed E-state index contributed by atoms with van der Waals surface area (Å²) in [5.41, 5.74) is 0. The van der Waals surface area contributed by atoms with Crippen LogP contribution in [0.3, 0.4) is 0 Å². The van der Waals surface area contributed by atoms with Crippen LogP contribution in [0.15, 0.2) is 12.4 Å². The van der Waals surface area contributed by atoms with E-state index in [-0.39, 0.29) is 18.0 Å². The van der Waals surface area contributed by atoms with E-state index >= 15 is 0 Å². The number of anilines is 1. The van der Waals surface area contributed by atoms with Crippen LogP contribution in [0.4, 0.5) is 5.82 Å². The molecule has 0 fully saturated rings. The summed E-state index contributed by atoms with van der Waals surface area (Å²) in [6.45, 7) is 8.04. The predicted octanol–water partition coefficient (Wildman–Crippen LogP) is 1.20. The molecule has 1 aromatic heterocycles. The molecule has 1 rings (SSSR count). The van der Waals surface area contributed by atoms with E-state index < -0.39 is 0 Å². The molecule has 0 bridgehead atoms. The van der Waals surface area contributed by atoms with Crippen molar-refractivity contribution in [3.05, 3.63) is 12.4 Å². The normalized spacial score (nSPS) is 12.1. The van der Waals surface area contributed by atoms with Crippen LogP contribution in [0, 0.1) is 0 Å². The Morgan fingerprint density at radius 2 is 2.11 bits per heavy atom. The Bertz CT molecular complexity index is 395. The van der Waals surface area contributed by atoms with Crippen LogP contribution in [0.2, 0.25) is 0 Å². The SMILES string of the molecule is CCOc1cc(NC(C)C(=O)NC(C)C)ncn1. The molecule has 2 N–H and O–H groups in total. The first-order chi connectivity index (χ1) is 8.52. The van der Waals surface area contributed by atoms with Gasteiger partial charge in [-0.1, -0.05) is 0 Å². The van der Waals surface area contributed by atoms with Gasteiger partial charge < -0.3 is 15.4 Å². The number of hydrogen-bond donors (Lipinski definition) is 2. The number of nitrogens with one attached hydrogen (secondary N) is 2. The first kappa shape index (κ1) is 14.2. The van der Waals surface area contributed by atoms with Crippen molar-refractivity contribution in [3.63, 3.8) is 0 Å². The van der Waals surface area contributed by atoms with E-state index in [1.807, 2.05) is 20.8 Å². The maximum atomic E-state index is 11.7. The Morgan fingerprint density at radius 1 is 1.39 bits per heavy atom.